The van der Waals surface area contributed by atoms with E-state index in [1.807, 2.05) is 6.92 Å². The molecule has 0 aliphatic carbocycles. The molecule has 0 radical (unpaired) electrons. The van der Waals surface area contributed by atoms with Gasteiger partial charge in [0.25, 0.3) is 5.91 Å². The van der Waals surface area contributed by atoms with Crippen molar-refractivity contribution < 1.29 is 18.0 Å². The van der Waals surface area contributed by atoms with E-state index in [-0.39, 0.29) is 17.3 Å². The van der Waals surface area contributed by atoms with Crippen LogP contribution in [-0.2, 0) is 6.18 Å². The molecule has 0 bridgehead atoms. The lowest BCUT2D eigenvalue weighted by atomic mass is 10.0. The highest BCUT2D eigenvalue weighted by Gasteiger charge is 2.33. The molecule has 0 aliphatic heterocycles. The third-order valence-corrected chi connectivity index (χ3v) is 3.18. The molecule has 3 N–H and O–H groups in total. The molecule has 6 heteroatoms. The predicted molar refractivity (Wildman–Crippen MR) is 76.9 cm³/mol. The first kappa shape index (κ1) is 17.3. The maximum absolute atomic E-state index is 12.8. The number of nitrogens with two attached hydrogens (primary N) is 1. The number of anilines is 1. The fourth-order valence-electron chi connectivity index (χ4n) is 1.91. The summed E-state index contributed by atoms with van der Waals surface area (Å²) in [4.78, 5) is 12.0. The maximum Gasteiger partial charge on any atom is 0.418 e. The molecule has 0 aromatic heterocycles. The van der Waals surface area contributed by atoms with Gasteiger partial charge in [0, 0.05) is 17.3 Å². The second-order valence-corrected chi connectivity index (χ2v) is 5.65. The number of benzene rings is 1. The minimum absolute atomic E-state index is 0.0343. The maximum atomic E-state index is 12.8. The van der Waals surface area contributed by atoms with E-state index in [0.717, 1.165) is 25.0 Å². The van der Waals surface area contributed by atoms with Gasteiger partial charge in [0.05, 0.1) is 5.56 Å². The fourth-order valence-corrected chi connectivity index (χ4v) is 1.91. The van der Waals surface area contributed by atoms with Crippen LogP contribution in [0, 0.1) is 5.92 Å². The van der Waals surface area contributed by atoms with Crippen LogP contribution in [0.3, 0.4) is 0 Å². The van der Waals surface area contributed by atoms with Crippen molar-refractivity contribution in [3.8, 4) is 0 Å². The first-order chi connectivity index (χ1) is 9.61. The third kappa shape index (κ3) is 5.28. The fraction of sp³-hybridized carbons (Fsp3) is 0.533. The van der Waals surface area contributed by atoms with Crippen LogP contribution in [0.4, 0.5) is 18.9 Å². The zero-order chi connectivity index (χ0) is 16.2. The molecule has 0 heterocycles. The summed E-state index contributed by atoms with van der Waals surface area (Å²) in [5.74, 6) is -0.00513. The second-order valence-electron chi connectivity index (χ2n) is 5.65. The van der Waals surface area contributed by atoms with E-state index in [9.17, 15) is 18.0 Å². The summed E-state index contributed by atoms with van der Waals surface area (Å²) in [6, 6.07) is 3.11. The molecular formula is C15H21F3N2O. The number of nitrogen functional groups attached to an aromatic ring is 1. The predicted octanol–water partition coefficient (Wildman–Crippen LogP) is 3.84. The molecule has 0 saturated carbocycles. The molecule has 1 aromatic carbocycles. The SMILES string of the molecule is CC(C)CCC(C)NC(=O)c1ccc(N)c(C(F)(F)F)c1. The lowest BCUT2D eigenvalue weighted by Crippen LogP contribution is -2.33. The van der Waals surface area contributed by atoms with Crippen LogP contribution in [-0.4, -0.2) is 11.9 Å². The molecule has 1 aromatic rings. The molecule has 1 unspecified atom stereocenters. The first-order valence-electron chi connectivity index (χ1n) is 6.89. The van der Waals surface area contributed by atoms with Crippen LogP contribution < -0.4 is 11.1 Å². The largest absolute Gasteiger partial charge is 0.418 e. The summed E-state index contributed by atoms with van der Waals surface area (Å²) >= 11 is 0. The Bertz CT molecular complexity index is 498. The number of carbonyl (C=O) groups excluding carboxylic acids is 1. The monoisotopic (exact) mass is 302 g/mol. The number of carbonyl (C=O) groups is 1. The van der Waals surface area contributed by atoms with Crippen molar-refractivity contribution in [2.24, 2.45) is 5.92 Å². The van der Waals surface area contributed by atoms with Crippen molar-refractivity contribution >= 4 is 11.6 Å². The van der Waals surface area contributed by atoms with E-state index in [0.29, 0.717) is 5.92 Å². The van der Waals surface area contributed by atoms with Gasteiger partial charge in [-0.25, -0.2) is 0 Å². The minimum atomic E-state index is -4.57. The van der Waals surface area contributed by atoms with Gasteiger partial charge in [-0.2, -0.15) is 13.2 Å². The number of amides is 1. The topological polar surface area (TPSA) is 55.1 Å². The highest BCUT2D eigenvalue weighted by Crippen LogP contribution is 2.34. The van der Waals surface area contributed by atoms with Crippen molar-refractivity contribution in [2.75, 3.05) is 5.73 Å². The van der Waals surface area contributed by atoms with Gasteiger partial charge in [0.1, 0.15) is 0 Å². The van der Waals surface area contributed by atoms with Gasteiger partial charge in [-0.15, -0.1) is 0 Å². The van der Waals surface area contributed by atoms with Gasteiger partial charge in [0.2, 0.25) is 0 Å². The Labute approximate surface area is 122 Å². The van der Waals surface area contributed by atoms with Gasteiger partial charge < -0.3 is 11.1 Å². The summed E-state index contributed by atoms with van der Waals surface area (Å²) in [6.07, 6.45) is -2.84. The highest BCUT2D eigenvalue weighted by atomic mass is 19.4. The zero-order valence-electron chi connectivity index (χ0n) is 12.4. The van der Waals surface area contributed by atoms with Gasteiger partial charge in [0.15, 0.2) is 0 Å². The summed E-state index contributed by atoms with van der Waals surface area (Å²) in [5.41, 5.74) is 3.91. The first-order valence-corrected chi connectivity index (χ1v) is 6.89. The highest BCUT2D eigenvalue weighted by molar-refractivity contribution is 5.95. The number of halogens is 3. The van der Waals surface area contributed by atoms with E-state index in [1.54, 1.807) is 0 Å². The van der Waals surface area contributed by atoms with Crippen molar-refractivity contribution in [2.45, 2.75) is 45.8 Å². The van der Waals surface area contributed by atoms with Crippen LogP contribution in [0.25, 0.3) is 0 Å². The summed E-state index contributed by atoms with van der Waals surface area (Å²) in [5, 5.41) is 2.70. The Morgan fingerprint density at radius 2 is 1.86 bits per heavy atom. The molecule has 1 atom stereocenters. The van der Waals surface area contributed by atoms with Gasteiger partial charge >= 0.3 is 6.18 Å². The number of alkyl halides is 3. The van der Waals surface area contributed by atoms with E-state index in [1.165, 1.54) is 6.07 Å². The molecular weight excluding hydrogens is 281 g/mol. The Hall–Kier alpha value is -1.72. The normalized spacial score (nSPS) is 13.3. The van der Waals surface area contributed by atoms with Crippen LogP contribution >= 0.6 is 0 Å². The average molecular weight is 302 g/mol. The molecule has 0 saturated heterocycles. The Balaban J connectivity index is 2.79. The van der Waals surface area contributed by atoms with Crippen LogP contribution in [0.5, 0.6) is 0 Å². The van der Waals surface area contributed by atoms with Crippen molar-refractivity contribution in [3.63, 3.8) is 0 Å². The van der Waals surface area contributed by atoms with Gasteiger partial charge in [-0.3, -0.25) is 4.79 Å². The Morgan fingerprint density at radius 3 is 2.38 bits per heavy atom. The van der Waals surface area contributed by atoms with Crippen LogP contribution in [0.15, 0.2) is 18.2 Å². The lowest BCUT2D eigenvalue weighted by molar-refractivity contribution is -0.136. The van der Waals surface area contributed by atoms with E-state index >= 15 is 0 Å². The van der Waals surface area contributed by atoms with Crippen molar-refractivity contribution in [1.82, 2.24) is 5.32 Å². The zero-order valence-corrected chi connectivity index (χ0v) is 12.4. The molecule has 3 nitrogen and oxygen atoms in total. The quantitative estimate of drug-likeness (QED) is 0.812. The number of hydrogen-bond donors (Lipinski definition) is 2. The van der Waals surface area contributed by atoms with Gasteiger partial charge in [-0.1, -0.05) is 13.8 Å². The molecule has 0 aliphatic rings. The molecule has 0 fully saturated rings. The summed E-state index contributed by atoms with van der Waals surface area (Å²) < 4.78 is 38.3. The smallest absolute Gasteiger partial charge is 0.398 e. The van der Waals surface area contributed by atoms with Gasteiger partial charge in [-0.05, 0) is 43.9 Å². The van der Waals surface area contributed by atoms with Crippen molar-refractivity contribution in [3.05, 3.63) is 29.3 Å². The third-order valence-electron chi connectivity index (χ3n) is 3.18. The minimum Gasteiger partial charge on any atom is -0.398 e. The molecule has 1 amide bonds. The van der Waals surface area contributed by atoms with E-state index < -0.39 is 17.6 Å². The van der Waals surface area contributed by atoms with E-state index in [4.69, 9.17) is 5.73 Å². The number of nitrogens with one attached hydrogen (secondary N) is 1. The Kier molecular flexibility index (Phi) is 5.63. The number of rotatable bonds is 5. The van der Waals surface area contributed by atoms with Crippen LogP contribution in [0.2, 0.25) is 0 Å². The second kappa shape index (κ2) is 6.83. The standard InChI is InChI=1S/C15H21F3N2O/c1-9(2)4-5-10(3)20-14(21)11-6-7-13(19)12(8-11)15(16,17)18/h6-10H,4-5,19H2,1-3H3,(H,20,21). The summed E-state index contributed by atoms with van der Waals surface area (Å²) in [6.45, 7) is 5.98. The average Bonchev–Trinajstić information content (AvgIpc) is 2.35. The molecule has 0 spiro atoms. The molecule has 118 valence electrons. The molecule has 21 heavy (non-hydrogen) atoms. The number of hydrogen-bond acceptors (Lipinski definition) is 2. The van der Waals surface area contributed by atoms with Crippen molar-refractivity contribution in [1.29, 1.82) is 0 Å². The van der Waals surface area contributed by atoms with E-state index in [2.05, 4.69) is 19.2 Å². The summed E-state index contributed by atoms with van der Waals surface area (Å²) in [7, 11) is 0. The lowest BCUT2D eigenvalue weighted by Gasteiger charge is -2.16. The molecule has 1 rings (SSSR count). The van der Waals surface area contributed by atoms with Crippen LogP contribution in [0.1, 0.15) is 49.5 Å². The Morgan fingerprint density at radius 1 is 1.24 bits per heavy atom.